The topological polar surface area (TPSA) is 180 Å². The van der Waals surface area contributed by atoms with Gasteiger partial charge in [0.15, 0.2) is 34.2 Å². The number of aromatic nitrogens is 3. The van der Waals surface area contributed by atoms with E-state index in [0.29, 0.717) is 0 Å². The Morgan fingerprint density at radius 3 is 2.02 bits per heavy atom. The first kappa shape index (κ1) is 34.3. The minimum atomic E-state index is -4.26. The molecule has 1 aromatic heterocycles. The van der Waals surface area contributed by atoms with E-state index in [0.717, 1.165) is 24.3 Å². The summed E-state index contributed by atoms with van der Waals surface area (Å²) in [5, 5.41) is 8.23. The van der Waals surface area contributed by atoms with Crippen molar-refractivity contribution >= 4 is 38.7 Å². The molecule has 238 valence electrons. The van der Waals surface area contributed by atoms with Gasteiger partial charge in [-0.2, -0.15) is 8.42 Å². The molecule has 1 aromatic rings. The minimum absolute atomic E-state index is 0.111. The first-order valence-corrected chi connectivity index (χ1v) is 20.8. The average Bonchev–Trinajstić information content (AvgIpc) is 3.47. The van der Waals surface area contributed by atoms with Crippen molar-refractivity contribution in [2.24, 2.45) is 5.73 Å². The molecule has 0 amide bonds. The van der Waals surface area contributed by atoms with Gasteiger partial charge in [0.1, 0.15) is 12.2 Å². The number of ether oxygens (including phenoxy) is 3. The van der Waals surface area contributed by atoms with Gasteiger partial charge in [0, 0.05) is 0 Å². The fraction of sp³-hybridized carbons (Fsp3) is 0.760. The Kier molecular flexibility index (Phi) is 9.06. The van der Waals surface area contributed by atoms with Crippen LogP contribution in [0.15, 0.2) is 11.1 Å². The van der Waals surface area contributed by atoms with Gasteiger partial charge in [0.05, 0.1) is 31.9 Å². The molecule has 0 aliphatic carbocycles. The van der Waals surface area contributed by atoms with Gasteiger partial charge in [-0.05, 0) is 36.3 Å². The number of carbonyl (C=O) groups excluding carboxylic acids is 2. The average molecular weight is 649 g/mol. The van der Waals surface area contributed by atoms with E-state index < -0.39 is 68.4 Å². The molecule has 1 saturated heterocycles. The quantitative estimate of drug-likeness (QED) is 0.247. The molecule has 1 spiro atoms. The van der Waals surface area contributed by atoms with Crippen molar-refractivity contribution < 1.29 is 45.3 Å². The summed E-state index contributed by atoms with van der Waals surface area (Å²) in [6, 6.07) is 0. The molecule has 3 rings (SSSR count). The third-order valence-corrected chi connectivity index (χ3v) is 18.8. The molecule has 0 aromatic carbocycles. The zero-order chi connectivity index (χ0) is 32.3. The number of nitrogens with zero attached hydrogens (tertiary/aromatic N) is 3. The second-order valence-electron chi connectivity index (χ2n) is 13.5. The van der Waals surface area contributed by atoms with Crippen LogP contribution in [-0.2, 0) is 37.4 Å². The molecule has 0 radical (unpaired) electrons. The van der Waals surface area contributed by atoms with Gasteiger partial charge in [-0.1, -0.05) is 46.8 Å². The predicted octanol–water partition coefficient (Wildman–Crippen LogP) is 3.06. The second-order valence-corrected chi connectivity index (χ2v) is 24.5. The highest BCUT2D eigenvalue weighted by molar-refractivity contribution is 7.90. The molecule has 0 bridgehead atoms. The summed E-state index contributed by atoms with van der Waals surface area (Å²) >= 11 is 0. The van der Waals surface area contributed by atoms with E-state index in [-0.39, 0.29) is 28.1 Å². The standard InChI is InChI=1S/C25H44N4O10SSi2/c1-23(2,3)41(9,10)36-13-16-25(15(26)14-40(32,33)39-25)19(38-42(11,12)24(4,5)6)20(37-16)29-18(22(31)35-8)17(27-28-29)21(30)34-7/h14,16,19-20H,13,26H2,1-12H3/t16-,19+,20-,25-/m1/s1. The van der Waals surface area contributed by atoms with Crippen LogP contribution in [0.3, 0.4) is 0 Å². The summed E-state index contributed by atoms with van der Waals surface area (Å²) < 4.78 is 62.2. The monoisotopic (exact) mass is 648 g/mol. The Hall–Kier alpha value is -2.16. The van der Waals surface area contributed by atoms with Gasteiger partial charge in [0.25, 0.3) is 10.1 Å². The maximum absolute atomic E-state index is 13.0. The number of methoxy groups -OCH3 is 2. The second kappa shape index (κ2) is 11.1. The Bertz CT molecular complexity index is 1360. The summed E-state index contributed by atoms with van der Waals surface area (Å²) in [4.78, 5) is 25.5. The molecular formula is C25H44N4O10SSi2. The highest BCUT2D eigenvalue weighted by Gasteiger charge is 2.68. The van der Waals surface area contributed by atoms with Crippen molar-refractivity contribution in [1.29, 1.82) is 0 Å². The number of rotatable bonds is 8. The largest absolute Gasteiger partial charge is 0.464 e. The molecule has 1 fully saturated rings. The lowest BCUT2D eigenvalue weighted by atomic mass is 9.89. The van der Waals surface area contributed by atoms with E-state index in [9.17, 15) is 18.0 Å². The van der Waals surface area contributed by atoms with Gasteiger partial charge < -0.3 is 28.8 Å². The summed E-state index contributed by atoms with van der Waals surface area (Å²) in [6.07, 6.45) is -3.74. The molecular weight excluding hydrogens is 605 g/mol. The van der Waals surface area contributed by atoms with E-state index >= 15 is 0 Å². The summed E-state index contributed by atoms with van der Waals surface area (Å²) in [5.41, 5.74) is 3.66. The van der Waals surface area contributed by atoms with E-state index in [1.807, 2.05) is 47.0 Å². The lowest BCUT2D eigenvalue weighted by Crippen LogP contribution is -2.59. The lowest BCUT2D eigenvalue weighted by molar-refractivity contribution is -0.0606. The van der Waals surface area contributed by atoms with E-state index in [1.165, 1.54) is 0 Å². The van der Waals surface area contributed by atoms with Crippen molar-refractivity contribution in [3.63, 3.8) is 0 Å². The number of carbonyl (C=O) groups is 2. The highest BCUT2D eigenvalue weighted by atomic mass is 32.2. The number of nitrogens with two attached hydrogens (primary N) is 1. The Morgan fingerprint density at radius 1 is 1.02 bits per heavy atom. The Balaban J connectivity index is 2.29. The molecule has 2 aliphatic rings. The number of esters is 2. The van der Waals surface area contributed by atoms with Crippen LogP contribution in [0.1, 0.15) is 68.7 Å². The first-order valence-electron chi connectivity index (χ1n) is 13.5. The minimum Gasteiger partial charge on any atom is -0.464 e. The zero-order valence-corrected chi connectivity index (χ0v) is 29.2. The SMILES string of the molecule is COC(=O)c1nnn([C@@H]2O[C@H](CO[Si](C)(C)C(C)(C)C)[C@@]3(OS(=O)(=O)C=C3N)[C@H]2O[Si](C)(C)C(C)(C)C)c1C(=O)OC. The summed E-state index contributed by atoms with van der Waals surface area (Å²) in [5.74, 6) is -1.89. The van der Waals surface area contributed by atoms with E-state index in [1.54, 1.807) is 0 Å². The summed E-state index contributed by atoms with van der Waals surface area (Å²) in [6.45, 7) is 20.1. The van der Waals surface area contributed by atoms with Crippen molar-refractivity contribution in [2.45, 2.75) is 102 Å². The van der Waals surface area contributed by atoms with Gasteiger partial charge >= 0.3 is 11.9 Å². The number of hydrogen-bond donors (Lipinski definition) is 1. The van der Waals surface area contributed by atoms with Crippen molar-refractivity contribution in [2.75, 3.05) is 20.8 Å². The Morgan fingerprint density at radius 2 is 1.57 bits per heavy atom. The van der Waals surface area contributed by atoms with E-state index in [4.69, 9.17) is 33.0 Å². The lowest BCUT2D eigenvalue weighted by Gasteiger charge is -2.43. The van der Waals surface area contributed by atoms with Crippen molar-refractivity contribution in [3.05, 3.63) is 22.5 Å². The van der Waals surface area contributed by atoms with E-state index in [2.05, 4.69) is 31.1 Å². The van der Waals surface area contributed by atoms with Gasteiger partial charge in [0.2, 0.25) is 5.69 Å². The van der Waals surface area contributed by atoms with Crippen molar-refractivity contribution in [1.82, 2.24) is 15.0 Å². The normalized spacial score (nSPS) is 26.4. The molecule has 0 saturated carbocycles. The van der Waals surface area contributed by atoms with Crippen LogP contribution in [0.4, 0.5) is 0 Å². The molecule has 4 atom stereocenters. The van der Waals surface area contributed by atoms with Crippen LogP contribution in [0.2, 0.25) is 36.3 Å². The van der Waals surface area contributed by atoms with Crippen LogP contribution < -0.4 is 5.73 Å². The molecule has 2 aliphatic heterocycles. The zero-order valence-electron chi connectivity index (χ0n) is 26.4. The predicted molar refractivity (Wildman–Crippen MR) is 157 cm³/mol. The van der Waals surface area contributed by atoms with Crippen LogP contribution in [0, 0.1) is 0 Å². The highest BCUT2D eigenvalue weighted by Crippen LogP contribution is 2.52. The molecule has 14 nitrogen and oxygen atoms in total. The van der Waals surface area contributed by atoms with Gasteiger partial charge in [-0.3, -0.25) is 0 Å². The summed E-state index contributed by atoms with van der Waals surface area (Å²) in [7, 11) is -7.15. The third-order valence-electron chi connectivity index (χ3n) is 8.76. The molecule has 42 heavy (non-hydrogen) atoms. The Labute approximate surface area is 249 Å². The smallest absolute Gasteiger partial charge is 0.361 e. The molecule has 2 N–H and O–H groups in total. The van der Waals surface area contributed by atoms with Crippen molar-refractivity contribution in [3.8, 4) is 0 Å². The third kappa shape index (κ3) is 5.96. The van der Waals surface area contributed by atoms with Crippen LogP contribution in [0.5, 0.6) is 0 Å². The maximum Gasteiger partial charge on any atom is 0.361 e. The fourth-order valence-electron chi connectivity index (χ4n) is 4.18. The fourth-order valence-corrected chi connectivity index (χ4v) is 7.69. The molecule has 3 heterocycles. The molecule has 17 heteroatoms. The van der Waals surface area contributed by atoms with Crippen LogP contribution in [0.25, 0.3) is 0 Å². The van der Waals surface area contributed by atoms with Crippen LogP contribution >= 0.6 is 0 Å². The van der Waals surface area contributed by atoms with Gasteiger partial charge in [-0.25, -0.2) is 18.5 Å². The van der Waals surface area contributed by atoms with Gasteiger partial charge in [-0.15, -0.1) is 5.10 Å². The number of hydrogen-bond acceptors (Lipinski definition) is 13. The maximum atomic E-state index is 13.0. The molecule has 0 unspecified atom stereocenters. The van der Waals surface area contributed by atoms with Crippen LogP contribution in [-0.4, -0.2) is 90.6 Å². The first-order chi connectivity index (χ1) is 19.0.